The van der Waals surface area contributed by atoms with Crippen LogP contribution < -0.4 is 4.43 Å². The van der Waals surface area contributed by atoms with E-state index in [2.05, 4.69) is 30.3 Å². The molecule has 0 N–H and O–H groups in total. The SMILES string of the molecule is c1cc[c]([Al]([CH]2CCCCC2)[CH]2CCCCC2)cc1. The Morgan fingerprint density at radius 2 is 1.11 bits per heavy atom. The van der Waals surface area contributed by atoms with Crippen molar-refractivity contribution in [2.24, 2.45) is 0 Å². The molecule has 0 heterocycles. The Morgan fingerprint density at radius 3 is 1.58 bits per heavy atom. The van der Waals surface area contributed by atoms with Gasteiger partial charge in [-0.05, 0) is 0 Å². The first-order chi connectivity index (χ1) is 9.45. The molecule has 0 nitrogen and oxygen atoms in total. The normalized spacial score (nSPS) is 22.3. The van der Waals surface area contributed by atoms with Gasteiger partial charge in [0, 0.05) is 0 Å². The van der Waals surface area contributed by atoms with Crippen LogP contribution in [0.25, 0.3) is 0 Å². The Balaban J connectivity index is 1.81. The summed E-state index contributed by atoms with van der Waals surface area (Å²) in [6.45, 7) is 0. The van der Waals surface area contributed by atoms with E-state index in [4.69, 9.17) is 0 Å². The number of hydrogen-bond donors (Lipinski definition) is 0. The quantitative estimate of drug-likeness (QED) is 0.674. The number of benzene rings is 1. The van der Waals surface area contributed by atoms with E-state index in [1.54, 1.807) is 30.1 Å². The Bertz CT molecular complexity index is 343. The van der Waals surface area contributed by atoms with E-state index in [0.29, 0.717) is 0 Å². The molecular formula is C18H27Al. The smallest absolute Gasteiger partial charge is 0.110 e. The summed E-state index contributed by atoms with van der Waals surface area (Å²) in [5.74, 6) is 0. The van der Waals surface area contributed by atoms with E-state index in [9.17, 15) is 0 Å². The summed E-state index contributed by atoms with van der Waals surface area (Å²) in [6.07, 6.45) is 15.2. The average molecular weight is 270 g/mol. The maximum atomic E-state index is 2.46. The molecule has 1 aromatic carbocycles. The van der Waals surface area contributed by atoms with Gasteiger partial charge in [0.15, 0.2) is 0 Å². The predicted molar refractivity (Wildman–Crippen MR) is 85.5 cm³/mol. The minimum absolute atomic E-state index is 0.755. The molecule has 2 saturated carbocycles. The van der Waals surface area contributed by atoms with Crippen LogP contribution in [0.15, 0.2) is 30.3 Å². The van der Waals surface area contributed by atoms with Gasteiger partial charge in [0.1, 0.15) is 0 Å². The van der Waals surface area contributed by atoms with E-state index in [1.165, 1.54) is 38.5 Å². The minimum atomic E-state index is -0.755. The predicted octanol–water partition coefficient (Wildman–Crippen LogP) is 5.06. The summed E-state index contributed by atoms with van der Waals surface area (Å²) in [4.78, 5) is 0. The molecule has 2 aliphatic carbocycles. The van der Waals surface area contributed by atoms with Gasteiger partial charge in [-0.3, -0.25) is 0 Å². The van der Waals surface area contributed by atoms with Crippen LogP contribution in [-0.2, 0) is 0 Å². The third-order valence-electron chi connectivity index (χ3n) is 5.50. The van der Waals surface area contributed by atoms with Crippen molar-refractivity contribution in [3.05, 3.63) is 30.3 Å². The Kier molecular flexibility index (Phi) is 5.03. The van der Waals surface area contributed by atoms with Crippen molar-refractivity contribution in [1.82, 2.24) is 0 Å². The van der Waals surface area contributed by atoms with Crippen LogP contribution in [0, 0.1) is 0 Å². The second-order valence-corrected chi connectivity index (χ2v) is 10.3. The molecule has 3 rings (SSSR count). The Labute approximate surface area is 123 Å². The molecule has 0 atom stereocenters. The standard InChI is InChI=1S/2C6H11.C6H5.Al/c3*1-2-4-6-5-3-1;/h2*1H,2-6H2;1-5H;. The summed E-state index contributed by atoms with van der Waals surface area (Å²) in [6, 6.07) is 11.7. The van der Waals surface area contributed by atoms with Crippen molar-refractivity contribution in [2.45, 2.75) is 73.8 Å². The highest BCUT2D eigenvalue weighted by Crippen LogP contribution is 2.41. The average Bonchev–Trinajstić information content (AvgIpc) is 2.51. The van der Waals surface area contributed by atoms with Gasteiger partial charge in [0.25, 0.3) is 0 Å². The summed E-state index contributed by atoms with van der Waals surface area (Å²) in [5, 5.41) is 0. The molecule has 2 aliphatic rings. The van der Waals surface area contributed by atoms with Gasteiger partial charge in [-0.15, -0.1) is 4.43 Å². The Morgan fingerprint density at radius 1 is 0.632 bits per heavy atom. The molecule has 0 unspecified atom stereocenters. The van der Waals surface area contributed by atoms with Crippen LogP contribution in [0.1, 0.15) is 64.2 Å². The van der Waals surface area contributed by atoms with Gasteiger partial charge < -0.3 is 0 Å². The monoisotopic (exact) mass is 270 g/mol. The first kappa shape index (κ1) is 13.7. The third-order valence-corrected chi connectivity index (χ3v) is 10.0. The molecule has 0 amide bonds. The topological polar surface area (TPSA) is 0 Å². The zero-order valence-electron chi connectivity index (χ0n) is 12.2. The van der Waals surface area contributed by atoms with Gasteiger partial charge in [-0.1, -0.05) is 104 Å². The lowest BCUT2D eigenvalue weighted by molar-refractivity contribution is 0.465. The van der Waals surface area contributed by atoms with Crippen LogP contribution in [0.5, 0.6) is 0 Å². The molecule has 102 valence electrons. The summed E-state index contributed by atoms with van der Waals surface area (Å²) in [7, 11) is 0. The van der Waals surface area contributed by atoms with Crippen molar-refractivity contribution in [3.8, 4) is 0 Å². The summed E-state index contributed by atoms with van der Waals surface area (Å²) < 4.78 is 4.00. The molecule has 0 bridgehead atoms. The van der Waals surface area contributed by atoms with E-state index < -0.39 is 14.1 Å². The fourth-order valence-corrected chi connectivity index (χ4v) is 9.50. The lowest BCUT2D eigenvalue weighted by atomic mass is 9.99. The molecular weight excluding hydrogens is 243 g/mol. The van der Waals surface area contributed by atoms with E-state index >= 15 is 0 Å². The minimum Gasteiger partial charge on any atom is -0.110 e. The summed E-state index contributed by atoms with van der Waals surface area (Å²) >= 11 is -0.755. The second-order valence-electron chi connectivity index (χ2n) is 6.73. The van der Waals surface area contributed by atoms with E-state index in [1.807, 2.05) is 0 Å². The molecule has 19 heavy (non-hydrogen) atoms. The van der Waals surface area contributed by atoms with Gasteiger partial charge >= 0.3 is 14.1 Å². The number of hydrogen-bond acceptors (Lipinski definition) is 0. The van der Waals surface area contributed by atoms with Gasteiger partial charge in [0.05, 0.1) is 0 Å². The molecule has 1 heteroatoms. The van der Waals surface area contributed by atoms with Crippen LogP contribution in [0.2, 0.25) is 9.56 Å². The zero-order chi connectivity index (χ0) is 12.9. The molecule has 0 aromatic heterocycles. The fraction of sp³-hybridized carbons (Fsp3) is 0.667. The largest absolute Gasteiger partial charge is 0.312 e. The van der Waals surface area contributed by atoms with Gasteiger partial charge in [-0.2, -0.15) is 0 Å². The van der Waals surface area contributed by atoms with Gasteiger partial charge in [0.2, 0.25) is 0 Å². The fourth-order valence-electron chi connectivity index (χ4n) is 4.59. The van der Waals surface area contributed by atoms with Crippen LogP contribution >= 0.6 is 0 Å². The first-order valence-electron chi connectivity index (χ1n) is 8.50. The molecule has 0 radical (unpaired) electrons. The highest BCUT2D eigenvalue weighted by molar-refractivity contribution is 6.75. The highest BCUT2D eigenvalue weighted by atomic mass is 27.2. The number of rotatable bonds is 3. The van der Waals surface area contributed by atoms with E-state index in [-0.39, 0.29) is 0 Å². The van der Waals surface area contributed by atoms with Crippen molar-refractivity contribution in [1.29, 1.82) is 0 Å². The van der Waals surface area contributed by atoms with Crippen molar-refractivity contribution in [2.75, 3.05) is 0 Å². The molecule has 0 spiro atoms. The zero-order valence-corrected chi connectivity index (χ0v) is 13.3. The van der Waals surface area contributed by atoms with Crippen molar-refractivity contribution >= 4 is 18.6 Å². The van der Waals surface area contributed by atoms with Crippen LogP contribution in [0.4, 0.5) is 0 Å². The maximum Gasteiger partial charge on any atom is 0.312 e. The lowest BCUT2D eigenvalue weighted by Crippen LogP contribution is -2.41. The molecule has 0 aliphatic heterocycles. The van der Waals surface area contributed by atoms with Crippen LogP contribution in [-0.4, -0.2) is 14.1 Å². The lowest BCUT2D eigenvalue weighted by Gasteiger charge is -2.34. The van der Waals surface area contributed by atoms with Crippen molar-refractivity contribution in [3.63, 3.8) is 0 Å². The molecule has 0 saturated heterocycles. The highest BCUT2D eigenvalue weighted by Gasteiger charge is 2.37. The molecule has 2 fully saturated rings. The van der Waals surface area contributed by atoms with Gasteiger partial charge in [-0.25, -0.2) is 0 Å². The second kappa shape index (κ2) is 6.96. The first-order valence-corrected chi connectivity index (χ1v) is 10.4. The van der Waals surface area contributed by atoms with E-state index in [0.717, 1.165) is 9.56 Å². The third kappa shape index (κ3) is 3.45. The van der Waals surface area contributed by atoms with Crippen molar-refractivity contribution < 1.29 is 0 Å². The maximum absolute atomic E-state index is 2.46. The molecule has 1 aromatic rings. The van der Waals surface area contributed by atoms with Crippen LogP contribution in [0.3, 0.4) is 0 Å². The summed E-state index contributed by atoms with van der Waals surface area (Å²) in [5.41, 5.74) is 0. The Hall–Kier alpha value is -0.248.